The van der Waals surface area contributed by atoms with Gasteiger partial charge in [-0.1, -0.05) is 78.7 Å². The highest BCUT2D eigenvalue weighted by Crippen LogP contribution is 2.27. The number of rotatable bonds is 11. The molecule has 0 saturated heterocycles. The zero-order chi connectivity index (χ0) is 26.0. The average molecular weight is 535 g/mol. The lowest BCUT2D eigenvalue weighted by atomic mass is 10.0. The monoisotopic (exact) mass is 534 g/mol. The molecular formula is C28H27ClN4O3S. The smallest absolute Gasteiger partial charge is 0.251 e. The van der Waals surface area contributed by atoms with Crippen molar-refractivity contribution in [2.45, 2.75) is 32.2 Å². The Morgan fingerprint density at radius 3 is 2.41 bits per heavy atom. The number of unbranched alkanes of at least 4 members (excludes halogenated alkanes) is 1. The van der Waals surface area contributed by atoms with E-state index in [1.54, 1.807) is 36.4 Å². The first-order chi connectivity index (χ1) is 18.0. The maximum absolute atomic E-state index is 13.3. The van der Waals surface area contributed by atoms with Crippen molar-refractivity contribution in [2.24, 2.45) is 0 Å². The Labute approximate surface area is 224 Å². The van der Waals surface area contributed by atoms with Crippen molar-refractivity contribution in [1.82, 2.24) is 15.5 Å². The first-order valence-electron chi connectivity index (χ1n) is 12.0. The SMILES string of the molecule is CCCCOc1ccc(C(=O)N[C@@H](Cc2ccccc2)C(=O)Nc2nnc(-c3ccc(Cl)cc3)s2)cc1. The fourth-order valence-electron chi connectivity index (χ4n) is 3.51. The minimum Gasteiger partial charge on any atom is -0.494 e. The molecule has 1 aromatic heterocycles. The number of ether oxygens (including phenoxy) is 1. The molecule has 0 unspecified atom stereocenters. The van der Waals surface area contributed by atoms with Gasteiger partial charge >= 0.3 is 0 Å². The molecule has 2 N–H and O–H groups in total. The molecule has 9 heteroatoms. The van der Waals surface area contributed by atoms with E-state index in [-0.39, 0.29) is 11.8 Å². The quantitative estimate of drug-likeness (QED) is 0.230. The van der Waals surface area contributed by atoms with Crippen LogP contribution in [0.4, 0.5) is 5.13 Å². The van der Waals surface area contributed by atoms with Crippen LogP contribution in [0.5, 0.6) is 5.75 Å². The van der Waals surface area contributed by atoms with E-state index in [0.717, 1.165) is 24.0 Å². The Morgan fingerprint density at radius 1 is 0.973 bits per heavy atom. The van der Waals surface area contributed by atoms with Gasteiger partial charge in [-0.2, -0.15) is 0 Å². The first kappa shape index (κ1) is 26.3. The minimum absolute atomic E-state index is 0.319. The summed E-state index contributed by atoms with van der Waals surface area (Å²) < 4.78 is 5.67. The predicted octanol–water partition coefficient (Wildman–Crippen LogP) is 6.02. The van der Waals surface area contributed by atoms with Crippen LogP contribution in [0.2, 0.25) is 5.02 Å². The van der Waals surface area contributed by atoms with Crippen LogP contribution in [0.1, 0.15) is 35.7 Å². The number of carbonyl (C=O) groups is 2. The number of halogens is 1. The molecule has 0 aliphatic rings. The maximum atomic E-state index is 13.3. The number of nitrogens with one attached hydrogen (secondary N) is 2. The summed E-state index contributed by atoms with van der Waals surface area (Å²) >= 11 is 7.21. The second-order valence-electron chi connectivity index (χ2n) is 8.35. The number of nitrogens with zero attached hydrogens (tertiary/aromatic N) is 2. The van der Waals surface area contributed by atoms with Crippen molar-refractivity contribution < 1.29 is 14.3 Å². The molecule has 4 rings (SSSR count). The van der Waals surface area contributed by atoms with E-state index in [0.29, 0.717) is 39.5 Å². The van der Waals surface area contributed by atoms with E-state index in [4.69, 9.17) is 16.3 Å². The largest absolute Gasteiger partial charge is 0.494 e. The van der Waals surface area contributed by atoms with Crippen molar-refractivity contribution in [3.8, 4) is 16.3 Å². The van der Waals surface area contributed by atoms with Crippen LogP contribution in [0.25, 0.3) is 10.6 Å². The van der Waals surface area contributed by atoms with E-state index in [1.807, 2.05) is 42.5 Å². The van der Waals surface area contributed by atoms with Gasteiger partial charge in [0.2, 0.25) is 11.0 Å². The van der Waals surface area contributed by atoms with Crippen LogP contribution in [-0.2, 0) is 11.2 Å². The second-order valence-corrected chi connectivity index (χ2v) is 9.76. The lowest BCUT2D eigenvalue weighted by Crippen LogP contribution is -2.45. The van der Waals surface area contributed by atoms with Gasteiger partial charge in [0, 0.05) is 22.6 Å². The van der Waals surface area contributed by atoms with E-state index in [9.17, 15) is 9.59 Å². The van der Waals surface area contributed by atoms with Gasteiger partial charge in [-0.15, -0.1) is 10.2 Å². The van der Waals surface area contributed by atoms with E-state index < -0.39 is 6.04 Å². The third-order valence-corrected chi connectivity index (χ3v) is 6.67. The number of anilines is 1. The number of amides is 2. The summed E-state index contributed by atoms with van der Waals surface area (Å²) in [6.07, 6.45) is 2.33. The second kappa shape index (κ2) is 13.0. The Morgan fingerprint density at radius 2 is 1.70 bits per heavy atom. The van der Waals surface area contributed by atoms with Crippen LogP contribution in [0.3, 0.4) is 0 Å². The van der Waals surface area contributed by atoms with E-state index in [2.05, 4.69) is 27.8 Å². The lowest BCUT2D eigenvalue weighted by molar-refractivity contribution is -0.118. The summed E-state index contributed by atoms with van der Waals surface area (Å²) in [6, 6.07) is 22.8. The first-order valence-corrected chi connectivity index (χ1v) is 13.2. The summed E-state index contributed by atoms with van der Waals surface area (Å²) in [5.41, 5.74) is 2.20. The van der Waals surface area contributed by atoms with Crippen LogP contribution >= 0.6 is 22.9 Å². The summed E-state index contributed by atoms with van der Waals surface area (Å²) in [5, 5.41) is 15.6. The number of benzene rings is 3. The number of carbonyl (C=O) groups excluding carboxylic acids is 2. The molecule has 0 spiro atoms. The molecule has 2 amide bonds. The highest BCUT2D eigenvalue weighted by Gasteiger charge is 2.23. The summed E-state index contributed by atoms with van der Waals surface area (Å²) in [7, 11) is 0. The Balaban J connectivity index is 1.45. The van der Waals surface area contributed by atoms with Gasteiger partial charge in [0.15, 0.2) is 0 Å². The molecule has 1 heterocycles. The fraction of sp³-hybridized carbons (Fsp3) is 0.214. The molecule has 0 aliphatic heterocycles. The molecule has 37 heavy (non-hydrogen) atoms. The van der Waals surface area contributed by atoms with Gasteiger partial charge in [0.1, 0.15) is 16.8 Å². The van der Waals surface area contributed by atoms with Gasteiger partial charge in [0.25, 0.3) is 5.91 Å². The van der Waals surface area contributed by atoms with Gasteiger partial charge in [-0.05, 0) is 48.4 Å². The standard InChI is InChI=1S/C28H27ClN4O3S/c1-2-3-17-36-23-15-11-20(12-16-23)25(34)30-24(18-19-7-5-4-6-8-19)26(35)31-28-33-32-27(37-28)21-9-13-22(29)14-10-21/h4-16,24H,2-3,17-18H2,1H3,(H,30,34)(H,31,33,35)/t24-/m0/s1. The molecule has 0 saturated carbocycles. The van der Waals surface area contributed by atoms with Crippen molar-refractivity contribution in [2.75, 3.05) is 11.9 Å². The average Bonchev–Trinajstić information content (AvgIpc) is 3.38. The van der Waals surface area contributed by atoms with Crippen molar-refractivity contribution in [3.63, 3.8) is 0 Å². The molecule has 0 bridgehead atoms. The molecule has 0 aliphatic carbocycles. The molecule has 1 atom stereocenters. The Hall–Kier alpha value is -3.75. The predicted molar refractivity (Wildman–Crippen MR) is 147 cm³/mol. The number of aromatic nitrogens is 2. The van der Waals surface area contributed by atoms with Crippen LogP contribution in [-0.4, -0.2) is 34.7 Å². The molecule has 7 nitrogen and oxygen atoms in total. The Kier molecular flexibility index (Phi) is 9.24. The zero-order valence-electron chi connectivity index (χ0n) is 20.3. The van der Waals surface area contributed by atoms with E-state index in [1.165, 1.54) is 11.3 Å². The summed E-state index contributed by atoms with van der Waals surface area (Å²) in [6.45, 7) is 2.73. The lowest BCUT2D eigenvalue weighted by Gasteiger charge is -2.18. The normalized spacial score (nSPS) is 11.5. The number of hydrogen-bond donors (Lipinski definition) is 2. The number of hydrogen-bond acceptors (Lipinski definition) is 6. The molecule has 3 aromatic carbocycles. The third-order valence-electron chi connectivity index (χ3n) is 5.53. The topological polar surface area (TPSA) is 93.2 Å². The molecular weight excluding hydrogens is 508 g/mol. The third kappa shape index (κ3) is 7.62. The zero-order valence-corrected chi connectivity index (χ0v) is 21.9. The van der Waals surface area contributed by atoms with Gasteiger partial charge in [-0.25, -0.2) is 0 Å². The van der Waals surface area contributed by atoms with Crippen LogP contribution in [0.15, 0.2) is 78.9 Å². The molecule has 4 aromatic rings. The molecule has 190 valence electrons. The van der Waals surface area contributed by atoms with Crippen molar-refractivity contribution >= 4 is 39.9 Å². The van der Waals surface area contributed by atoms with Gasteiger partial charge in [0.05, 0.1) is 6.61 Å². The van der Waals surface area contributed by atoms with Crippen LogP contribution in [0, 0.1) is 0 Å². The van der Waals surface area contributed by atoms with Crippen molar-refractivity contribution in [3.05, 3.63) is 95.0 Å². The molecule has 0 fully saturated rings. The highest BCUT2D eigenvalue weighted by molar-refractivity contribution is 7.18. The van der Waals surface area contributed by atoms with Crippen molar-refractivity contribution in [1.29, 1.82) is 0 Å². The minimum atomic E-state index is -0.821. The van der Waals surface area contributed by atoms with Gasteiger partial charge < -0.3 is 10.1 Å². The van der Waals surface area contributed by atoms with E-state index >= 15 is 0 Å². The summed E-state index contributed by atoms with van der Waals surface area (Å²) in [4.78, 5) is 26.3. The maximum Gasteiger partial charge on any atom is 0.251 e. The van der Waals surface area contributed by atoms with Gasteiger partial charge in [-0.3, -0.25) is 14.9 Å². The Bertz CT molecular complexity index is 1310. The fourth-order valence-corrected chi connectivity index (χ4v) is 4.39. The summed E-state index contributed by atoms with van der Waals surface area (Å²) in [5.74, 6) is -0.0258. The van der Waals surface area contributed by atoms with Crippen LogP contribution < -0.4 is 15.4 Å². The highest BCUT2D eigenvalue weighted by atomic mass is 35.5. The molecule has 0 radical (unpaired) electrons.